The zero-order valence-corrected chi connectivity index (χ0v) is 9.54. The van der Waals surface area contributed by atoms with Gasteiger partial charge in [-0.1, -0.05) is 0 Å². The van der Waals surface area contributed by atoms with Gasteiger partial charge in [-0.2, -0.15) is 0 Å². The Morgan fingerprint density at radius 2 is 2.19 bits per heavy atom. The van der Waals surface area contributed by atoms with Crippen LogP contribution in [-0.2, 0) is 11.2 Å². The zero-order chi connectivity index (χ0) is 11.0. The second-order valence-corrected chi connectivity index (χ2v) is 4.84. The second kappa shape index (κ2) is 4.18. The van der Waals surface area contributed by atoms with Crippen LogP contribution in [-0.4, -0.2) is 16.6 Å². The van der Waals surface area contributed by atoms with Gasteiger partial charge in [0.05, 0.1) is 5.69 Å². The van der Waals surface area contributed by atoms with Crippen molar-refractivity contribution >= 4 is 0 Å². The average molecular weight is 221 g/mol. The summed E-state index contributed by atoms with van der Waals surface area (Å²) in [5, 5.41) is 0. The first-order chi connectivity index (χ1) is 7.84. The molecule has 0 spiro atoms. The molecule has 1 saturated heterocycles. The summed E-state index contributed by atoms with van der Waals surface area (Å²) < 4.78 is 5.74. The van der Waals surface area contributed by atoms with Crippen LogP contribution in [0.5, 0.6) is 0 Å². The lowest BCUT2D eigenvalue weighted by molar-refractivity contribution is 0.00984. The van der Waals surface area contributed by atoms with Crippen LogP contribution >= 0.6 is 0 Å². The number of nitrogens with zero attached hydrogens (tertiary/aromatic N) is 1. The van der Waals surface area contributed by atoms with E-state index < -0.39 is 0 Å². The molecule has 16 heavy (non-hydrogen) atoms. The van der Waals surface area contributed by atoms with Crippen molar-refractivity contribution in [3.8, 4) is 0 Å². The van der Waals surface area contributed by atoms with Crippen molar-refractivity contribution < 1.29 is 4.74 Å². The number of aromatic amines is 1. The van der Waals surface area contributed by atoms with E-state index in [0.717, 1.165) is 37.4 Å². The molecule has 2 atom stereocenters. The smallest absolute Gasteiger partial charge is 0.135 e. The lowest BCUT2D eigenvalue weighted by atomic mass is 9.97. The average Bonchev–Trinajstić information content (AvgIpc) is 2.76. The highest BCUT2D eigenvalue weighted by atomic mass is 16.5. The molecule has 2 aliphatic rings. The minimum absolute atomic E-state index is 0.123. The van der Waals surface area contributed by atoms with Crippen molar-refractivity contribution in [2.24, 2.45) is 5.73 Å². The molecule has 1 fully saturated rings. The number of rotatable bonds is 1. The fraction of sp³-hybridized carbons (Fsp3) is 0.750. The zero-order valence-electron chi connectivity index (χ0n) is 9.54. The molecule has 3 rings (SSSR count). The van der Waals surface area contributed by atoms with Crippen LogP contribution in [0.1, 0.15) is 61.5 Å². The molecule has 4 nitrogen and oxygen atoms in total. The van der Waals surface area contributed by atoms with E-state index in [1.165, 1.54) is 25.0 Å². The molecule has 0 radical (unpaired) electrons. The number of ether oxygens (including phenoxy) is 1. The predicted octanol–water partition coefficient (Wildman–Crippen LogP) is 1.99. The van der Waals surface area contributed by atoms with Crippen LogP contribution in [0.2, 0.25) is 0 Å². The molecule has 1 aliphatic carbocycles. The molecule has 1 aliphatic heterocycles. The topological polar surface area (TPSA) is 63.9 Å². The van der Waals surface area contributed by atoms with E-state index in [0.29, 0.717) is 0 Å². The third-order valence-corrected chi connectivity index (χ3v) is 3.61. The molecule has 0 aromatic carbocycles. The standard InChI is InChI=1S/C12H19N3O/c13-8-4-3-5-9-11(8)15-12(14-9)10-6-1-2-7-16-10/h8,10H,1-7,13H2,(H,14,15). The van der Waals surface area contributed by atoms with Gasteiger partial charge in [-0.25, -0.2) is 4.98 Å². The number of aryl methyl sites for hydroxylation is 1. The van der Waals surface area contributed by atoms with E-state index in [9.17, 15) is 0 Å². The Morgan fingerprint density at radius 1 is 1.25 bits per heavy atom. The first-order valence-electron chi connectivity index (χ1n) is 6.30. The SMILES string of the molecule is NC1CCCc2[nH]c(C3CCCCO3)nc21. The first kappa shape index (κ1) is 10.3. The molecule has 88 valence electrons. The van der Waals surface area contributed by atoms with Gasteiger partial charge in [0.2, 0.25) is 0 Å². The molecule has 0 bridgehead atoms. The molecule has 3 N–H and O–H groups in total. The van der Waals surface area contributed by atoms with Crippen molar-refractivity contribution in [3.63, 3.8) is 0 Å². The van der Waals surface area contributed by atoms with Gasteiger partial charge in [-0.3, -0.25) is 0 Å². The normalized spacial score (nSPS) is 30.1. The number of H-pyrrole nitrogens is 1. The second-order valence-electron chi connectivity index (χ2n) is 4.84. The Balaban J connectivity index is 1.85. The summed E-state index contributed by atoms with van der Waals surface area (Å²) >= 11 is 0. The molecular formula is C12H19N3O. The van der Waals surface area contributed by atoms with Crippen molar-refractivity contribution in [3.05, 3.63) is 17.2 Å². The highest BCUT2D eigenvalue weighted by Gasteiger charge is 2.25. The third-order valence-electron chi connectivity index (χ3n) is 3.61. The van der Waals surface area contributed by atoms with Crippen LogP contribution in [0.15, 0.2) is 0 Å². The lowest BCUT2D eigenvalue weighted by Crippen LogP contribution is -2.17. The quantitative estimate of drug-likeness (QED) is 0.762. The van der Waals surface area contributed by atoms with Gasteiger partial charge in [0.25, 0.3) is 0 Å². The minimum Gasteiger partial charge on any atom is -0.370 e. The van der Waals surface area contributed by atoms with Gasteiger partial charge in [-0.15, -0.1) is 0 Å². The van der Waals surface area contributed by atoms with E-state index in [1.807, 2.05) is 0 Å². The molecule has 2 heterocycles. The Kier molecular flexibility index (Phi) is 2.69. The van der Waals surface area contributed by atoms with E-state index in [-0.39, 0.29) is 12.1 Å². The van der Waals surface area contributed by atoms with Gasteiger partial charge >= 0.3 is 0 Å². The van der Waals surface area contributed by atoms with Crippen LogP contribution in [0.25, 0.3) is 0 Å². The summed E-state index contributed by atoms with van der Waals surface area (Å²) in [5.41, 5.74) is 8.38. The van der Waals surface area contributed by atoms with Gasteiger partial charge in [0, 0.05) is 18.3 Å². The molecular weight excluding hydrogens is 202 g/mol. The Bertz CT molecular complexity index is 368. The number of aromatic nitrogens is 2. The van der Waals surface area contributed by atoms with Crippen molar-refractivity contribution in [2.45, 2.75) is 50.7 Å². The van der Waals surface area contributed by atoms with Crippen molar-refractivity contribution in [1.29, 1.82) is 0 Å². The minimum atomic E-state index is 0.123. The van der Waals surface area contributed by atoms with Crippen LogP contribution in [0.4, 0.5) is 0 Å². The molecule has 2 unspecified atom stereocenters. The summed E-state index contributed by atoms with van der Waals surface area (Å²) in [7, 11) is 0. The monoisotopic (exact) mass is 221 g/mol. The Morgan fingerprint density at radius 3 is 2.94 bits per heavy atom. The number of hydrogen-bond donors (Lipinski definition) is 2. The van der Waals surface area contributed by atoms with E-state index in [4.69, 9.17) is 10.5 Å². The number of imidazole rings is 1. The van der Waals surface area contributed by atoms with Crippen LogP contribution in [0, 0.1) is 0 Å². The molecule has 1 aromatic rings. The fourth-order valence-electron chi connectivity index (χ4n) is 2.69. The first-order valence-corrected chi connectivity index (χ1v) is 6.30. The molecule has 0 saturated carbocycles. The van der Waals surface area contributed by atoms with Gasteiger partial charge in [-0.05, 0) is 38.5 Å². The summed E-state index contributed by atoms with van der Waals surface area (Å²) in [5.74, 6) is 1.00. The van der Waals surface area contributed by atoms with Crippen molar-refractivity contribution in [1.82, 2.24) is 9.97 Å². The lowest BCUT2D eigenvalue weighted by Gasteiger charge is -2.20. The highest BCUT2D eigenvalue weighted by Crippen LogP contribution is 2.31. The maximum atomic E-state index is 6.07. The number of fused-ring (bicyclic) bond motifs is 1. The summed E-state index contributed by atoms with van der Waals surface area (Å²) in [6, 6.07) is 0.123. The Labute approximate surface area is 95.6 Å². The predicted molar refractivity (Wildman–Crippen MR) is 61.0 cm³/mol. The van der Waals surface area contributed by atoms with E-state index in [1.54, 1.807) is 0 Å². The van der Waals surface area contributed by atoms with Crippen LogP contribution < -0.4 is 5.73 Å². The van der Waals surface area contributed by atoms with Crippen molar-refractivity contribution in [2.75, 3.05) is 6.61 Å². The summed E-state index contributed by atoms with van der Waals surface area (Å²) in [4.78, 5) is 8.07. The van der Waals surface area contributed by atoms with Crippen LogP contribution in [0.3, 0.4) is 0 Å². The van der Waals surface area contributed by atoms with E-state index in [2.05, 4.69) is 9.97 Å². The van der Waals surface area contributed by atoms with Gasteiger partial charge in [0.15, 0.2) is 0 Å². The number of nitrogens with two attached hydrogens (primary N) is 1. The maximum absolute atomic E-state index is 6.07. The number of nitrogens with one attached hydrogen (secondary N) is 1. The largest absolute Gasteiger partial charge is 0.370 e. The van der Waals surface area contributed by atoms with Gasteiger partial charge < -0.3 is 15.5 Å². The number of hydrogen-bond acceptors (Lipinski definition) is 3. The summed E-state index contributed by atoms with van der Waals surface area (Å²) in [6.07, 6.45) is 6.99. The maximum Gasteiger partial charge on any atom is 0.135 e. The fourth-order valence-corrected chi connectivity index (χ4v) is 2.69. The summed E-state index contributed by atoms with van der Waals surface area (Å²) in [6.45, 7) is 0.863. The Hall–Kier alpha value is -0.870. The van der Waals surface area contributed by atoms with Gasteiger partial charge in [0.1, 0.15) is 11.9 Å². The molecule has 0 amide bonds. The van der Waals surface area contributed by atoms with E-state index >= 15 is 0 Å². The molecule has 1 aromatic heterocycles. The molecule has 4 heteroatoms. The highest BCUT2D eigenvalue weighted by molar-refractivity contribution is 5.22. The third kappa shape index (κ3) is 1.76.